The van der Waals surface area contributed by atoms with E-state index in [4.69, 9.17) is 15.0 Å². The van der Waals surface area contributed by atoms with Gasteiger partial charge in [0, 0.05) is 27.7 Å². The molecule has 4 aromatic carbocycles. The fourth-order valence-electron chi connectivity index (χ4n) is 6.47. The third kappa shape index (κ3) is 3.56. The lowest BCUT2D eigenvalue weighted by Crippen LogP contribution is -2.08. The molecular weight excluding hydrogens is 528 g/mol. The van der Waals surface area contributed by atoms with Gasteiger partial charge < -0.3 is 0 Å². The number of hydrogen-bond acceptors (Lipinski definition) is 3. The van der Waals surface area contributed by atoms with Gasteiger partial charge in [-0.15, -0.1) is 0 Å². The predicted octanol–water partition coefficient (Wildman–Crippen LogP) is 8.73. The SMILES string of the molecule is C1=CCCC(n2c3ccccc3c3nc4c5ccccc5n(-c5ncc(-c6ccccc6)n5-c5ccccc5)c4nc32)=C1. The molecule has 43 heavy (non-hydrogen) atoms. The van der Waals surface area contributed by atoms with Gasteiger partial charge >= 0.3 is 0 Å². The number of aromatic nitrogens is 6. The van der Waals surface area contributed by atoms with E-state index >= 15 is 0 Å². The summed E-state index contributed by atoms with van der Waals surface area (Å²) in [7, 11) is 0. The largest absolute Gasteiger partial charge is 0.296 e. The lowest BCUT2D eigenvalue weighted by molar-refractivity contribution is 0.929. The van der Waals surface area contributed by atoms with E-state index in [1.54, 1.807) is 0 Å². The monoisotopic (exact) mass is 554 g/mol. The van der Waals surface area contributed by atoms with Crippen molar-refractivity contribution < 1.29 is 0 Å². The van der Waals surface area contributed by atoms with E-state index < -0.39 is 0 Å². The maximum Gasteiger partial charge on any atom is 0.221 e. The van der Waals surface area contributed by atoms with Gasteiger partial charge in [0.1, 0.15) is 11.0 Å². The van der Waals surface area contributed by atoms with Gasteiger partial charge in [-0.2, -0.15) is 0 Å². The molecule has 1 aliphatic rings. The maximum atomic E-state index is 5.47. The number of para-hydroxylation sites is 3. The van der Waals surface area contributed by atoms with Crippen molar-refractivity contribution in [3.63, 3.8) is 0 Å². The third-order valence-electron chi connectivity index (χ3n) is 8.39. The Morgan fingerprint density at radius 2 is 1.21 bits per heavy atom. The number of hydrogen-bond donors (Lipinski definition) is 0. The summed E-state index contributed by atoms with van der Waals surface area (Å²) in [6.45, 7) is 0. The molecule has 0 amide bonds. The zero-order valence-corrected chi connectivity index (χ0v) is 23.3. The van der Waals surface area contributed by atoms with Gasteiger partial charge in [0.15, 0.2) is 11.3 Å². The van der Waals surface area contributed by atoms with Crippen molar-refractivity contribution in [3.8, 4) is 22.9 Å². The lowest BCUT2D eigenvalue weighted by atomic mass is 10.1. The average Bonchev–Trinajstić information content (AvgIpc) is 3.75. The predicted molar refractivity (Wildman–Crippen MR) is 175 cm³/mol. The molecule has 0 saturated carbocycles. The molecule has 204 valence electrons. The number of fused-ring (bicyclic) bond motifs is 6. The molecule has 6 nitrogen and oxygen atoms in total. The summed E-state index contributed by atoms with van der Waals surface area (Å²) in [5, 5.41) is 2.16. The topological polar surface area (TPSA) is 53.5 Å². The van der Waals surface area contributed by atoms with Crippen LogP contribution in [0.2, 0.25) is 0 Å². The van der Waals surface area contributed by atoms with E-state index in [0.717, 1.165) is 79.9 Å². The van der Waals surface area contributed by atoms with Crippen LogP contribution < -0.4 is 0 Å². The Morgan fingerprint density at radius 1 is 0.581 bits per heavy atom. The van der Waals surface area contributed by atoms with Gasteiger partial charge in [-0.05, 0) is 43.2 Å². The van der Waals surface area contributed by atoms with Crippen LogP contribution >= 0.6 is 0 Å². The van der Waals surface area contributed by atoms with Crippen molar-refractivity contribution in [2.24, 2.45) is 0 Å². The smallest absolute Gasteiger partial charge is 0.221 e. The minimum atomic E-state index is 0.771. The minimum absolute atomic E-state index is 0.771. The molecule has 4 aromatic heterocycles. The highest BCUT2D eigenvalue weighted by Gasteiger charge is 2.24. The Bertz CT molecular complexity index is 2390. The van der Waals surface area contributed by atoms with Crippen molar-refractivity contribution in [1.29, 1.82) is 0 Å². The van der Waals surface area contributed by atoms with E-state index in [1.807, 2.05) is 18.3 Å². The Kier molecular flexibility index (Phi) is 5.22. The molecule has 0 spiro atoms. The van der Waals surface area contributed by atoms with Gasteiger partial charge in [-0.3, -0.25) is 13.7 Å². The van der Waals surface area contributed by atoms with Gasteiger partial charge in [0.25, 0.3) is 0 Å². The van der Waals surface area contributed by atoms with Crippen LogP contribution in [-0.2, 0) is 0 Å². The molecule has 0 atom stereocenters. The Morgan fingerprint density at radius 3 is 1.91 bits per heavy atom. The molecule has 0 aliphatic heterocycles. The number of rotatable bonds is 4. The number of allylic oxidation sites excluding steroid dienone is 4. The molecule has 9 rings (SSSR count). The van der Waals surface area contributed by atoms with Gasteiger partial charge in [-0.1, -0.05) is 97.1 Å². The van der Waals surface area contributed by atoms with E-state index in [9.17, 15) is 0 Å². The van der Waals surface area contributed by atoms with Gasteiger partial charge in [0.05, 0.1) is 22.9 Å². The standard InChI is InChI=1S/C37H26N6/c1-4-14-25(15-5-1)32-24-38-37(42(32)27-18-8-3-9-19-27)43-31-23-13-11-21-29(31)34-36(43)40-35-33(39-34)28-20-10-12-22-30(28)41(35)26-16-6-2-7-17-26/h1-6,8-16,18-24H,7,17H2. The summed E-state index contributed by atoms with van der Waals surface area (Å²) < 4.78 is 6.69. The van der Waals surface area contributed by atoms with Crippen LogP contribution in [0, 0.1) is 0 Å². The summed E-state index contributed by atoms with van der Waals surface area (Å²) in [5.41, 5.74) is 9.93. The van der Waals surface area contributed by atoms with Crippen LogP contribution in [0.15, 0.2) is 134 Å². The normalized spacial score (nSPS) is 13.4. The Hall–Kier alpha value is -5.75. The van der Waals surface area contributed by atoms with Crippen molar-refractivity contribution in [2.75, 3.05) is 0 Å². The first kappa shape index (κ1) is 23.9. The number of nitrogens with zero attached hydrogens (tertiary/aromatic N) is 6. The lowest BCUT2D eigenvalue weighted by Gasteiger charge is -2.15. The summed E-state index contributed by atoms with van der Waals surface area (Å²) >= 11 is 0. The number of imidazole rings is 1. The first-order valence-electron chi connectivity index (χ1n) is 14.6. The minimum Gasteiger partial charge on any atom is -0.296 e. The molecule has 8 aromatic rings. The molecule has 0 N–H and O–H groups in total. The molecule has 4 heterocycles. The highest BCUT2D eigenvalue weighted by molar-refractivity contribution is 6.13. The summed E-state index contributed by atoms with van der Waals surface area (Å²) in [6, 6.07) is 37.7. The Balaban J connectivity index is 1.42. The zero-order chi connectivity index (χ0) is 28.3. The van der Waals surface area contributed by atoms with E-state index in [1.165, 1.54) is 5.70 Å². The third-order valence-corrected chi connectivity index (χ3v) is 8.39. The van der Waals surface area contributed by atoms with E-state index in [0.29, 0.717) is 0 Å². The van der Waals surface area contributed by atoms with Crippen molar-refractivity contribution >= 4 is 49.8 Å². The van der Waals surface area contributed by atoms with Gasteiger partial charge in [-0.25, -0.2) is 15.0 Å². The summed E-state index contributed by atoms with van der Waals surface area (Å²) in [4.78, 5) is 15.9. The van der Waals surface area contributed by atoms with Crippen molar-refractivity contribution in [3.05, 3.63) is 134 Å². The molecule has 0 radical (unpaired) electrons. The second-order valence-corrected chi connectivity index (χ2v) is 10.9. The van der Waals surface area contributed by atoms with Crippen molar-refractivity contribution in [1.82, 2.24) is 28.7 Å². The second-order valence-electron chi connectivity index (χ2n) is 10.9. The highest BCUT2D eigenvalue weighted by Crippen LogP contribution is 2.37. The van der Waals surface area contributed by atoms with E-state index in [2.05, 4.69) is 129 Å². The molecule has 0 unspecified atom stereocenters. The summed E-state index contributed by atoms with van der Waals surface area (Å²) in [6.07, 6.45) is 10.5. The average molecular weight is 555 g/mol. The first-order chi connectivity index (χ1) is 21.4. The molecule has 1 aliphatic carbocycles. The molecule has 0 fully saturated rings. The molecular formula is C37H26N6. The number of benzene rings is 4. The summed E-state index contributed by atoms with van der Waals surface area (Å²) in [5.74, 6) is 0.771. The van der Waals surface area contributed by atoms with Crippen LogP contribution in [0.3, 0.4) is 0 Å². The quantitative estimate of drug-likeness (QED) is 0.219. The fourth-order valence-corrected chi connectivity index (χ4v) is 6.47. The Labute approximate surface area is 247 Å². The van der Waals surface area contributed by atoms with Crippen LogP contribution in [0.4, 0.5) is 0 Å². The molecule has 0 bridgehead atoms. The molecule has 0 saturated heterocycles. The molecule has 6 heteroatoms. The fraction of sp³-hybridized carbons (Fsp3) is 0.0541. The highest BCUT2D eigenvalue weighted by atomic mass is 15.3. The van der Waals surface area contributed by atoms with Crippen LogP contribution in [0.25, 0.3) is 72.7 Å². The van der Waals surface area contributed by atoms with E-state index in [-0.39, 0.29) is 0 Å². The first-order valence-corrected chi connectivity index (χ1v) is 14.6. The van der Waals surface area contributed by atoms with Gasteiger partial charge in [0.2, 0.25) is 5.95 Å². The van der Waals surface area contributed by atoms with Crippen LogP contribution in [0.1, 0.15) is 12.8 Å². The van der Waals surface area contributed by atoms with Crippen LogP contribution in [0.5, 0.6) is 0 Å². The van der Waals surface area contributed by atoms with Crippen molar-refractivity contribution in [2.45, 2.75) is 12.8 Å². The maximum absolute atomic E-state index is 5.47. The second kappa shape index (κ2) is 9.39. The zero-order valence-electron chi connectivity index (χ0n) is 23.3. The van der Waals surface area contributed by atoms with Crippen LogP contribution in [-0.4, -0.2) is 28.7 Å².